The van der Waals surface area contributed by atoms with Crippen molar-refractivity contribution in [3.05, 3.63) is 47.8 Å². The second-order valence-corrected chi connectivity index (χ2v) is 10.5. The van der Waals surface area contributed by atoms with E-state index in [1.165, 1.54) is 16.6 Å². The number of nitrogens with one attached hydrogen (secondary N) is 2. The number of rotatable bonds is 5. The van der Waals surface area contributed by atoms with Gasteiger partial charge >= 0.3 is 0 Å². The van der Waals surface area contributed by atoms with Crippen LogP contribution in [0.5, 0.6) is 0 Å². The van der Waals surface area contributed by atoms with Crippen LogP contribution in [-0.4, -0.2) is 72.1 Å². The number of hydrogen-bond acceptors (Lipinski definition) is 5. The van der Waals surface area contributed by atoms with E-state index in [1.54, 1.807) is 36.0 Å². The Kier molecular flexibility index (Phi) is 6.16. The van der Waals surface area contributed by atoms with E-state index in [9.17, 15) is 18.0 Å². The van der Waals surface area contributed by atoms with Crippen LogP contribution in [0.25, 0.3) is 0 Å². The van der Waals surface area contributed by atoms with Gasteiger partial charge in [0.15, 0.2) is 0 Å². The van der Waals surface area contributed by atoms with Gasteiger partial charge in [0, 0.05) is 55.1 Å². The van der Waals surface area contributed by atoms with Crippen molar-refractivity contribution < 1.29 is 18.0 Å². The van der Waals surface area contributed by atoms with Gasteiger partial charge in [-0.05, 0) is 37.1 Å². The zero-order chi connectivity index (χ0) is 21.1. The van der Waals surface area contributed by atoms with E-state index in [-0.39, 0.29) is 16.5 Å². The van der Waals surface area contributed by atoms with Gasteiger partial charge in [0.1, 0.15) is 10.6 Å². The standard InChI is InChI=1S/C20H24N4O4S2/c25-19(18-13-17(14-21-18)30(27,28)24-8-10-29-11-9-24)22-16-5-3-4-15(12-16)20(26)23-6-1-2-7-23/h3-5,12-14,21H,1-2,6-11H2,(H,22,25). The Morgan fingerprint density at radius 3 is 2.50 bits per heavy atom. The number of thioether (sulfide) groups is 1. The summed E-state index contributed by atoms with van der Waals surface area (Å²) < 4.78 is 26.9. The van der Waals surface area contributed by atoms with E-state index >= 15 is 0 Å². The van der Waals surface area contributed by atoms with Gasteiger partial charge in [-0.3, -0.25) is 9.59 Å². The summed E-state index contributed by atoms with van der Waals surface area (Å²) >= 11 is 1.73. The number of benzene rings is 1. The van der Waals surface area contributed by atoms with Crippen molar-refractivity contribution in [3.8, 4) is 0 Å². The third kappa shape index (κ3) is 4.40. The molecule has 8 nitrogen and oxygen atoms in total. The van der Waals surface area contributed by atoms with E-state index in [4.69, 9.17) is 0 Å². The van der Waals surface area contributed by atoms with E-state index < -0.39 is 15.9 Å². The lowest BCUT2D eigenvalue weighted by molar-refractivity contribution is 0.0792. The Labute approximate surface area is 180 Å². The molecule has 0 atom stereocenters. The number of aromatic amines is 1. The first kappa shape index (κ1) is 21.0. The van der Waals surface area contributed by atoms with Gasteiger partial charge < -0.3 is 15.2 Å². The van der Waals surface area contributed by atoms with Crippen LogP contribution < -0.4 is 5.32 Å². The van der Waals surface area contributed by atoms with E-state index in [0.29, 0.717) is 24.3 Å². The zero-order valence-electron chi connectivity index (χ0n) is 16.5. The summed E-state index contributed by atoms with van der Waals surface area (Å²) in [5, 5.41) is 2.74. The number of amides is 2. The molecule has 160 valence electrons. The number of carbonyl (C=O) groups is 2. The Morgan fingerprint density at radius 1 is 1.03 bits per heavy atom. The van der Waals surface area contributed by atoms with Crippen LogP contribution in [0.4, 0.5) is 5.69 Å². The molecule has 2 N–H and O–H groups in total. The summed E-state index contributed by atoms with van der Waals surface area (Å²) in [7, 11) is -3.62. The molecule has 2 saturated heterocycles. The van der Waals surface area contributed by atoms with Crippen molar-refractivity contribution in [2.45, 2.75) is 17.7 Å². The fourth-order valence-corrected chi connectivity index (χ4v) is 6.19. The van der Waals surface area contributed by atoms with Crippen LogP contribution in [0.1, 0.15) is 33.7 Å². The number of hydrogen-bond donors (Lipinski definition) is 2. The lowest BCUT2D eigenvalue weighted by Gasteiger charge is -2.24. The maximum absolute atomic E-state index is 12.7. The van der Waals surface area contributed by atoms with Crippen molar-refractivity contribution in [1.82, 2.24) is 14.2 Å². The Hall–Kier alpha value is -2.30. The SMILES string of the molecule is O=C(Nc1cccc(C(=O)N2CCCC2)c1)c1cc(S(=O)(=O)N2CCSCC2)c[nH]1. The predicted molar refractivity (Wildman–Crippen MR) is 116 cm³/mol. The van der Waals surface area contributed by atoms with Crippen molar-refractivity contribution >= 4 is 39.3 Å². The Bertz CT molecular complexity index is 1040. The van der Waals surface area contributed by atoms with Crippen molar-refractivity contribution in [1.29, 1.82) is 0 Å². The molecule has 2 aliphatic heterocycles. The molecule has 3 heterocycles. The van der Waals surface area contributed by atoms with Crippen LogP contribution in [0.2, 0.25) is 0 Å². The van der Waals surface area contributed by atoms with E-state index in [1.807, 2.05) is 4.90 Å². The number of H-pyrrole nitrogens is 1. The molecular formula is C20H24N4O4S2. The molecule has 2 aromatic rings. The maximum Gasteiger partial charge on any atom is 0.272 e. The van der Waals surface area contributed by atoms with Crippen LogP contribution in [-0.2, 0) is 10.0 Å². The fourth-order valence-electron chi connectivity index (χ4n) is 3.62. The lowest BCUT2D eigenvalue weighted by Crippen LogP contribution is -2.37. The monoisotopic (exact) mass is 448 g/mol. The summed E-state index contributed by atoms with van der Waals surface area (Å²) in [6.07, 6.45) is 3.37. The number of anilines is 1. The summed E-state index contributed by atoms with van der Waals surface area (Å²) in [5.74, 6) is 1.03. The molecule has 0 bridgehead atoms. The highest BCUT2D eigenvalue weighted by molar-refractivity contribution is 7.99. The molecule has 2 amide bonds. The maximum atomic E-state index is 12.7. The van der Waals surface area contributed by atoms with Gasteiger partial charge in [-0.2, -0.15) is 16.1 Å². The molecule has 0 aliphatic carbocycles. The Morgan fingerprint density at radius 2 is 1.77 bits per heavy atom. The molecule has 0 radical (unpaired) electrons. The van der Waals surface area contributed by atoms with Gasteiger partial charge in [0.2, 0.25) is 10.0 Å². The number of nitrogens with zero attached hydrogens (tertiary/aromatic N) is 2. The molecule has 1 aromatic carbocycles. The van der Waals surface area contributed by atoms with Gasteiger partial charge in [-0.1, -0.05) is 6.07 Å². The normalized spacial score (nSPS) is 17.8. The minimum Gasteiger partial charge on any atom is -0.356 e. The minimum atomic E-state index is -3.62. The van der Waals surface area contributed by atoms with Crippen LogP contribution >= 0.6 is 11.8 Å². The molecule has 0 spiro atoms. The quantitative estimate of drug-likeness (QED) is 0.730. The molecule has 4 rings (SSSR count). The zero-order valence-corrected chi connectivity index (χ0v) is 18.1. The first-order valence-electron chi connectivity index (χ1n) is 9.92. The summed E-state index contributed by atoms with van der Waals surface area (Å²) in [6.45, 7) is 2.45. The van der Waals surface area contributed by atoms with Gasteiger partial charge in [0.05, 0.1) is 0 Å². The summed E-state index contributed by atoms with van der Waals surface area (Å²) in [6, 6.07) is 8.14. The summed E-state index contributed by atoms with van der Waals surface area (Å²) in [5.41, 5.74) is 1.15. The largest absolute Gasteiger partial charge is 0.356 e. The molecule has 2 aliphatic rings. The molecule has 30 heavy (non-hydrogen) atoms. The molecule has 2 fully saturated rings. The highest BCUT2D eigenvalue weighted by Crippen LogP contribution is 2.22. The van der Waals surface area contributed by atoms with Gasteiger partial charge in [-0.15, -0.1) is 0 Å². The minimum absolute atomic E-state index is 0.0449. The second kappa shape index (κ2) is 8.83. The Balaban J connectivity index is 1.46. The predicted octanol–water partition coefficient (Wildman–Crippen LogP) is 2.24. The highest BCUT2D eigenvalue weighted by Gasteiger charge is 2.28. The summed E-state index contributed by atoms with van der Waals surface area (Å²) in [4.78, 5) is 29.8. The third-order valence-electron chi connectivity index (χ3n) is 5.27. The molecular weight excluding hydrogens is 424 g/mol. The lowest BCUT2D eigenvalue weighted by atomic mass is 10.1. The molecule has 10 heteroatoms. The number of likely N-dealkylation sites (tertiary alicyclic amines) is 1. The van der Waals surface area contributed by atoms with E-state index in [2.05, 4.69) is 10.3 Å². The van der Waals surface area contributed by atoms with Crippen LogP contribution in [0.15, 0.2) is 41.4 Å². The first-order chi connectivity index (χ1) is 14.4. The topological polar surface area (TPSA) is 103 Å². The second-order valence-electron chi connectivity index (χ2n) is 7.30. The number of carbonyl (C=O) groups excluding carboxylic acids is 2. The average molecular weight is 449 g/mol. The molecule has 0 unspecified atom stereocenters. The van der Waals surface area contributed by atoms with Crippen molar-refractivity contribution in [2.75, 3.05) is 43.0 Å². The molecule has 1 aromatic heterocycles. The average Bonchev–Trinajstić information content (AvgIpc) is 3.47. The van der Waals surface area contributed by atoms with Crippen LogP contribution in [0, 0.1) is 0 Å². The van der Waals surface area contributed by atoms with Crippen LogP contribution in [0.3, 0.4) is 0 Å². The van der Waals surface area contributed by atoms with Gasteiger partial charge in [-0.25, -0.2) is 8.42 Å². The van der Waals surface area contributed by atoms with E-state index in [0.717, 1.165) is 37.4 Å². The van der Waals surface area contributed by atoms with Crippen molar-refractivity contribution in [2.24, 2.45) is 0 Å². The number of aromatic nitrogens is 1. The number of sulfonamides is 1. The first-order valence-corrected chi connectivity index (χ1v) is 12.5. The highest BCUT2D eigenvalue weighted by atomic mass is 32.2. The smallest absolute Gasteiger partial charge is 0.272 e. The fraction of sp³-hybridized carbons (Fsp3) is 0.400. The third-order valence-corrected chi connectivity index (χ3v) is 8.09. The molecule has 0 saturated carbocycles. The van der Waals surface area contributed by atoms with Gasteiger partial charge in [0.25, 0.3) is 11.8 Å². The van der Waals surface area contributed by atoms with Crippen molar-refractivity contribution in [3.63, 3.8) is 0 Å².